The molecule has 1 saturated heterocycles. The van der Waals surface area contributed by atoms with Gasteiger partial charge in [-0.3, -0.25) is 0 Å². The molecule has 2 N–H and O–H groups in total. The summed E-state index contributed by atoms with van der Waals surface area (Å²) in [5.41, 5.74) is 0. The Morgan fingerprint density at radius 3 is 2.62 bits per heavy atom. The van der Waals surface area contributed by atoms with E-state index < -0.39 is 17.9 Å². The molecule has 1 unspecified atom stereocenters. The molecule has 5 heteroatoms. The first kappa shape index (κ1) is 13.2. The summed E-state index contributed by atoms with van der Waals surface area (Å²) in [6.07, 6.45) is 3.72. The number of aliphatic hydroxyl groups excluding tert-OH is 1. The highest BCUT2D eigenvalue weighted by atomic mass is 16.7. The number of carboxylic acids is 1. The Hall–Kier alpha value is -0.910. The van der Waals surface area contributed by atoms with Gasteiger partial charge in [0, 0.05) is 18.9 Å². The summed E-state index contributed by atoms with van der Waals surface area (Å²) in [4.78, 5) is 10.3. The Bertz CT molecular complexity index is 253. The van der Waals surface area contributed by atoms with Crippen LogP contribution in [0.25, 0.3) is 0 Å². The number of aliphatic hydroxyl groups is 1. The van der Waals surface area contributed by atoms with E-state index in [9.17, 15) is 9.90 Å². The molecule has 1 rings (SSSR count). The van der Waals surface area contributed by atoms with E-state index in [0.29, 0.717) is 32.5 Å². The zero-order valence-corrected chi connectivity index (χ0v) is 9.39. The second kappa shape index (κ2) is 5.98. The van der Waals surface area contributed by atoms with Gasteiger partial charge < -0.3 is 19.7 Å². The van der Waals surface area contributed by atoms with E-state index in [0.717, 1.165) is 6.08 Å². The second-order valence-electron chi connectivity index (χ2n) is 3.94. The average Bonchev–Trinajstić information content (AvgIpc) is 2.64. The van der Waals surface area contributed by atoms with Crippen LogP contribution in [0.2, 0.25) is 0 Å². The molecule has 0 saturated carbocycles. The molecule has 1 aliphatic heterocycles. The first-order chi connectivity index (χ1) is 7.54. The minimum Gasteiger partial charge on any atom is -0.478 e. The Morgan fingerprint density at radius 1 is 1.50 bits per heavy atom. The molecule has 1 fully saturated rings. The van der Waals surface area contributed by atoms with Gasteiger partial charge in [0.15, 0.2) is 5.79 Å². The first-order valence-corrected chi connectivity index (χ1v) is 5.39. The van der Waals surface area contributed by atoms with Crippen molar-refractivity contribution in [3.8, 4) is 0 Å². The summed E-state index contributed by atoms with van der Waals surface area (Å²) in [5, 5.41) is 17.7. The molecule has 0 amide bonds. The monoisotopic (exact) mass is 230 g/mol. The van der Waals surface area contributed by atoms with Crippen LogP contribution in [0.15, 0.2) is 12.2 Å². The van der Waals surface area contributed by atoms with Crippen LogP contribution in [0.1, 0.15) is 26.2 Å². The predicted molar refractivity (Wildman–Crippen MR) is 56.9 cm³/mol. The van der Waals surface area contributed by atoms with E-state index >= 15 is 0 Å². The van der Waals surface area contributed by atoms with Crippen molar-refractivity contribution in [1.29, 1.82) is 0 Å². The van der Waals surface area contributed by atoms with Crippen LogP contribution in [0.4, 0.5) is 0 Å². The summed E-state index contributed by atoms with van der Waals surface area (Å²) in [5.74, 6) is -1.73. The number of rotatable bonds is 6. The van der Waals surface area contributed by atoms with Crippen LogP contribution >= 0.6 is 0 Å². The third-order valence-electron chi connectivity index (χ3n) is 2.45. The fourth-order valence-corrected chi connectivity index (χ4v) is 1.63. The lowest BCUT2D eigenvalue weighted by Crippen LogP contribution is -2.30. The molecule has 5 nitrogen and oxygen atoms in total. The molecule has 0 aromatic carbocycles. The van der Waals surface area contributed by atoms with Crippen molar-refractivity contribution in [1.82, 2.24) is 0 Å². The fraction of sp³-hybridized carbons (Fsp3) is 0.727. The van der Waals surface area contributed by atoms with Crippen LogP contribution < -0.4 is 0 Å². The van der Waals surface area contributed by atoms with E-state index in [1.165, 1.54) is 6.08 Å². The summed E-state index contributed by atoms with van der Waals surface area (Å²) in [6, 6.07) is 0. The standard InChI is InChI=1S/C11H18O5/c1-9(12)4-6-11(15-7-8-16-11)5-2-3-10(13)14/h2-3,9,12H,4-8H2,1H3,(H,13,14). The number of carboxylic acid groups (broad SMARTS) is 1. The number of hydrogen-bond donors (Lipinski definition) is 2. The molecule has 1 atom stereocenters. The minimum atomic E-state index is -0.983. The molecule has 16 heavy (non-hydrogen) atoms. The lowest BCUT2D eigenvalue weighted by molar-refractivity contribution is -0.162. The van der Waals surface area contributed by atoms with Gasteiger partial charge in [0.25, 0.3) is 0 Å². The average molecular weight is 230 g/mol. The summed E-state index contributed by atoms with van der Waals surface area (Å²) in [6.45, 7) is 2.73. The van der Waals surface area contributed by atoms with Crippen LogP contribution in [0.5, 0.6) is 0 Å². The van der Waals surface area contributed by atoms with Gasteiger partial charge in [-0.05, 0) is 13.3 Å². The van der Waals surface area contributed by atoms with E-state index in [-0.39, 0.29) is 0 Å². The Kier molecular flexibility index (Phi) is 4.92. The first-order valence-electron chi connectivity index (χ1n) is 5.39. The maximum absolute atomic E-state index is 10.3. The minimum absolute atomic E-state index is 0.395. The van der Waals surface area contributed by atoms with E-state index in [2.05, 4.69) is 0 Å². The number of aliphatic carboxylic acids is 1. The molecule has 0 radical (unpaired) electrons. The molecule has 0 bridgehead atoms. The molecule has 1 aliphatic rings. The molecular weight excluding hydrogens is 212 g/mol. The Labute approximate surface area is 94.7 Å². The number of carbonyl (C=O) groups is 1. The lowest BCUT2D eigenvalue weighted by Gasteiger charge is -2.26. The van der Waals surface area contributed by atoms with Crippen LogP contribution in [-0.2, 0) is 14.3 Å². The van der Waals surface area contributed by atoms with Crippen molar-refractivity contribution >= 4 is 5.97 Å². The largest absolute Gasteiger partial charge is 0.478 e. The molecule has 0 aromatic heterocycles. The lowest BCUT2D eigenvalue weighted by atomic mass is 10.0. The van der Waals surface area contributed by atoms with Crippen LogP contribution in [-0.4, -0.2) is 41.3 Å². The maximum atomic E-state index is 10.3. The van der Waals surface area contributed by atoms with Gasteiger partial charge in [-0.2, -0.15) is 0 Å². The smallest absolute Gasteiger partial charge is 0.327 e. The topological polar surface area (TPSA) is 76.0 Å². The highest BCUT2D eigenvalue weighted by Gasteiger charge is 2.35. The van der Waals surface area contributed by atoms with Crippen molar-refractivity contribution in [2.75, 3.05) is 13.2 Å². The van der Waals surface area contributed by atoms with Gasteiger partial charge in [0.05, 0.1) is 19.3 Å². The van der Waals surface area contributed by atoms with Gasteiger partial charge in [-0.15, -0.1) is 0 Å². The number of ether oxygens (including phenoxy) is 2. The molecule has 92 valence electrons. The predicted octanol–water partition coefficient (Wildman–Crippen LogP) is 0.921. The fourth-order valence-electron chi connectivity index (χ4n) is 1.63. The van der Waals surface area contributed by atoms with Crippen molar-refractivity contribution in [3.63, 3.8) is 0 Å². The zero-order chi connectivity index (χ0) is 12.0. The molecule has 1 heterocycles. The zero-order valence-electron chi connectivity index (χ0n) is 9.39. The third-order valence-corrected chi connectivity index (χ3v) is 2.45. The Morgan fingerprint density at radius 2 is 2.12 bits per heavy atom. The highest BCUT2D eigenvalue weighted by Crippen LogP contribution is 2.29. The van der Waals surface area contributed by atoms with Gasteiger partial charge in [-0.25, -0.2) is 4.79 Å². The van der Waals surface area contributed by atoms with Gasteiger partial charge >= 0.3 is 5.97 Å². The van der Waals surface area contributed by atoms with Gasteiger partial charge in [-0.1, -0.05) is 6.08 Å². The molecule has 0 spiro atoms. The van der Waals surface area contributed by atoms with Crippen LogP contribution in [0, 0.1) is 0 Å². The quantitative estimate of drug-likeness (QED) is 0.664. The van der Waals surface area contributed by atoms with Crippen molar-refractivity contribution < 1.29 is 24.5 Å². The van der Waals surface area contributed by atoms with E-state index in [1.54, 1.807) is 6.92 Å². The van der Waals surface area contributed by atoms with Gasteiger partial charge in [0.2, 0.25) is 0 Å². The molecule has 0 aromatic rings. The van der Waals surface area contributed by atoms with Crippen molar-refractivity contribution in [2.45, 2.75) is 38.1 Å². The maximum Gasteiger partial charge on any atom is 0.327 e. The normalized spacial score (nSPS) is 21.4. The Balaban J connectivity index is 2.48. The van der Waals surface area contributed by atoms with Crippen LogP contribution in [0.3, 0.4) is 0 Å². The summed E-state index contributed by atoms with van der Waals surface area (Å²) in [7, 11) is 0. The summed E-state index contributed by atoms with van der Waals surface area (Å²) < 4.78 is 11.0. The van der Waals surface area contributed by atoms with Crippen molar-refractivity contribution in [2.24, 2.45) is 0 Å². The van der Waals surface area contributed by atoms with E-state index in [4.69, 9.17) is 14.6 Å². The second-order valence-corrected chi connectivity index (χ2v) is 3.94. The van der Waals surface area contributed by atoms with Crippen molar-refractivity contribution in [3.05, 3.63) is 12.2 Å². The molecule has 0 aliphatic carbocycles. The molecular formula is C11H18O5. The number of hydrogen-bond acceptors (Lipinski definition) is 4. The van der Waals surface area contributed by atoms with E-state index in [1.807, 2.05) is 0 Å². The van der Waals surface area contributed by atoms with Gasteiger partial charge in [0.1, 0.15) is 0 Å². The highest BCUT2D eigenvalue weighted by molar-refractivity contribution is 5.79. The SMILES string of the molecule is CC(O)CCC1(CC=CC(=O)O)OCCO1. The third kappa shape index (κ3) is 4.30. The summed E-state index contributed by atoms with van der Waals surface area (Å²) >= 11 is 0.